The smallest absolute Gasteiger partial charge is 0.331 e. The zero-order valence-corrected chi connectivity index (χ0v) is 7.28. The molecule has 0 bridgehead atoms. The summed E-state index contributed by atoms with van der Waals surface area (Å²) < 4.78 is 25.3. The van der Waals surface area contributed by atoms with Crippen LogP contribution in [-0.2, 0) is 23.9 Å². The van der Waals surface area contributed by atoms with Gasteiger partial charge in [0.05, 0.1) is 12.2 Å². The molecule has 76 valence electrons. The lowest BCUT2D eigenvalue weighted by molar-refractivity contribution is -0.139. The fourth-order valence-corrected chi connectivity index (χ4v) is 1.23. The van der Waals surface area contributed by atoms with E-state index in [-0.39, 0.29) is 0 Å². The summed E-state index contributed by atoms with van der Waals surface area (Å²) in [5, 5.41) is 16.2. The highest BCUT2D eigenvalue weighted by molar-refractivity contribution is 7.86. The molecule has 0 saturated carbocycles. The van der Waals surface area contributed by atoms with Crippen LogP contribution in [0.4, 0.5) is 0 Å². The molecule has 0 radical (unpaired) electrons. The first-order chi connectivity index (χ1) is 5.83. The van der Waals surface area contributed by atoms with Gasteiger partial charge in [0.15, 0.2) is 6.61 Å². The van der Waals surface area contributed by atoms with Crippen LogP contribution in [0, 0.1) is 0 Å². The Morgan fingerprint density at radius 3 is 2.08 bits per heavy atom. The Kier molecular flexibility index (Phi) is 4.35. The molecule has 0 aliphatic heterocycles. The molecular formula is C5H8O7S. The predicted molar refractivity (Wildman–Crippen MR) is 39.6 cm³/mol. The molecule has 0 saturated heterocycles. The van der Waals surface area contributed by atoms with E-state index in [1.165, 1.54) is 0 Å². The van der Waals surface area contributed by atoms with E-state index in [2.05, 4.69) is 4.18 Å². The molecule has 0 aromatic heterocycles. The van der Waals surface area contributed by atoms with Crippen molar-refractivity contribution >= 4 is 22.1 Å². The van der Waals surface area contributed by atoms with Gasteiger partial charge >= 0.3 is 11.9 Å². The van der Waals surface area contributed by atoms with E-state index in [1.54, 1.807) is 0 Å². The lowest BCUT2D eigenvalue weighted by atomic mass is 10.5. The summed E-state index contributed by atoms with van der Waals surface area (Å²) in [5.74, 6) is -3.45. The zero-order valence-electron chi connectivity index (χ0n) is 6.47. The Balaban J connectivity index is 3.95. The normalized spacial score (nSPS) is 11.1. The fourth-order valence-electron chi connectivity index (χ4n) is 0.411. The summed E-state index contributed by atoms with van der Waals surface area (Å²) in [4.78, 5) is 19.8. The van der Waals surface area contributed by atoms with Crippen molar-refractivity contribution in [3.05, 3.63) is 0 Å². The average molecular weight is 212 g/mol. The number of hydrogen-bond acceptors (Lipinski definition) is 5. The van der Waals surface area contributed by atoms with E-state index in [9.17, 15) is 18.0 Å². The van der Waals surface area contributed by atoms with Gasteiger partial charge in [-0.05, 0) is 0 Å². The summed E-state index contributed by atoms with van der Waals surface area (Å²) >= 11 is 0. The fraction of sp³-hybridized carbons (Fsp3) is 0.600. The SMILES string of the molecule is O=C(O)CCS(=O)(=O)OCC(=O)O. The number of carboxylic acids is 2. The predicted octanol–water partition coefficient (Wildman–Crippen LogP) is -1.11. The summed E-state index contributed by atoms with van der Waals surface area (Å²) in [5.41, 5.74) is 0. The number of carboxylic acid groups (broad SMARTS) is 2. The maximum Gasteiger partial charge on any atom is 0.331 e. The highest BCUT2D eigenvalue weighted by Gasteiger charge is 2.15. The van der Waals surface area contributed by atoms with Gasteiger partial charge in [-0.2, -0.15) is 8.42 Å². The molecule has 0 unspecified atom stereocenters. The molecule has 0 rings (SSSR count). The van der Waals surface area contributed by atoms with E-state index in [0.29, 0.717) is 0 Å². The van der Waals surface area contributed by atoms with Gasteiger partial charge in [-0.3, -0.25) is 8.98 Å². The molecule has 0 aromatic rings. The van der Waals surface area contributed by atoms with Gasteiger partial charge in [-0.1, -0.05) is 0 Å². The Hall–Kier alpha value is -1.15. The second kappa shape index (κ2) is 4.77. The van der Waals surface area contributed by atoms with Crippen molar-refractivity contribution in [2.45, 2.75) is 6.42 Å². The van der Waals surface area contributed by atoms with Crippen molar-refractivity contribution in [2.75, 3.05) is 12.4 Å². The molecule has 0 heterocycles. The molecule has 0 amide bonds. The van der Waals surface area contributed by atoms with Gasteiger partial charge in [0.2, 0.25) is 0 Å². The average Bonchev–Trinajstić information content (AvgIpc) is 1.98. The maximum atomic E-state index is 10.7. The van der Waals surface area contributed by atoms with Gasteiger partial charge in [0.25, 0.3) is 10.1 Å². The van der Waals surface area contributed by atoms with Gasteiger partial charge in [-0.25, -0.2) is 4.79 Å². The minimum absolute atomic E-state index is 0.609. The number of rotatable bonds is 6. The number of hydrogen-bond donors (Lipinski definition) is 2. The third-order valence-electron chi connectivity index (χ3n) is 0.928. The van der Waals surface area contributed by atoms with Crippen LogP contribution < -0.4 is 0 Å². The third-order valence-corrected chi connectivity index (χ3v) is 2.11. The molecule has 0 fully saturated rings. The van der Waals surface area contributed by atoms with Crippen LogP contribution in [0.2, 0.25) is 0 Å². The maximum absolute atomic E-state index is 10.7. The van der Waals surface area contributed by atoms with Gasteiger partial charge in [-0.15, -0.1) is 0 Å². The van der Waals surface area contributed by atoms with Crippen molar-refractivity contribution in [3.8, 4) is 0 Å². The Morgan fingerprint density at radius 1 is 1.15 bits per heavy atom. The molecule has 0 aliphatic carbocycles. The van der Waals surface area contributed by atoms with E-state index >= 15 is 0 Å². The van der Waals surface area contributed by atoms with Crippen molar-refractivity contribution in [2.24, 2.45) is 0 Å². The first-order valence-corrected chi connectivity index (χ1v) is 4.72. The van der Waals surface area contributed by atoms with Crippen LogP contribution in [0.3, 0.4) is 0 Å². The van der Waals surface area contributed by atoms with Crippen LogP contribution in [0.5, 0.6) is 0 Å². The van der Waals surface area contributed by atoms with Gasteiger partial charge in [0.1, 0.15) is 0 Å². The number of carbonyl (C=O) groups is 2. The largest absolute Gasteiger partial charge is 0.481 e. The standard InChI is InChI=1S/C5H8O7S/c6-4(7)1-2-13(10,11)12-3-5(8)9/h1-3H2,(H,6,7)(H,8,9). The molecular weight excluding hydrogens is 204 g/mol. The highest BCUT2D eigenvalue weighted by atomic mass is 32.2. The third kappa shape index (κ3) is 7.22. The number of aliphatic carboxylic acids is 2. The Bertz CT molecular complexity index is 266. The van der Waals surface area contributed by atoms with E-state index in [0.717, 1.165) is 0 Å². The first kappa shape index (κ1) is 11.8. The monoisotopic (exact) mass is 212 g/mol. The Labute approximate surface area is 74.1 Å². The first-order valence-electron chi connectivity index (χ1n) is 3.14. The highest BCUT2D eigenvalue weighted by Crippen LogP contribution is 1.96. The van der Waals surface area contributed by atoms with Crippen molar-refractivity contribution in [1.29, 1.82) is 0 Å². The molecule has 2 N–H and O–H groups in total. The van der Waals surface area contributed by atoms with Crippen LogP contribution in [0.25, 0.3) is 0 Å². The zero-order chi connectivity index (χ0) is 10.5. The van der Waals surface area contributed by atoms with Gasteiger partial charge < -0.3 is 10.2 Å². The second-order valence-corrected chi connectivity index (χ2v) is 3.82. The van der Waals surface area contributed by atoms with Gasteiger partial charge in [0, 0.05) is 0 Å². The van der Waals surface area contributed by atoms with E-state index in [4.69, 9.17) is 10.2 Å². The summed E-state index contributed by atoms with van der Waals surface area (Å²) in [6.07, 6.45) is -0.609. The van der Waals surface area contributed by atoms with Crippen molar-refractivity contribution in [1.82, 2.24) is 0 Å². The van der Waals surface area contributed by atoms with Crippen LogP contribution in [0.15, 0.2) is 0 Å². The van der Waals surface area contributed by atoms with Crippen LogP contribution in [-0.4, -0.2) is 42.9 Å². The minimum Gasteiger partial charge on any atom is -0.481 e. The minimum atomic E-state index is -4.03. The quantitative estimate of drug-likeness (QED) is 0.536. The van der Waals surface area contributed by atoms with Crippen LogP contribution >= 0.6 is 0 Å². The Morgan fingerprint density at radius 2 is 1.69 bits per heavy atom. The summed E-state index contributed by atoms with van der Waals surface area (Å²) in [6.45, 7) is -0.984. The molecule has 7 nitrogen and oxygen atoms in total. The molecule has 0 atom stereocenters. The summed E-state index contributed by atoms with van der Waals surface area (Å²) in [7, 11) is -4.03. The molecule has 0 aliphatic rings. The molecule has 0 spiro atoms. The lowest BCUT2D eigenvalue weighted by Crippen LogP contribution is -2.18. The topological polar surface area (TPSA) is 118 Å². The van der Waals surface area contributed by atoms with Crippen molar-refractivity contribution < 1.29 is 32.4 Å². The molecule has 13 heavy (non-hydrogen) atoms. The van der Waals surface area contributed by atoms with E-state index in [1.807, 2.05) is 0 Å². The summed E-state index contributed by atoms with van der Waals surface area (Å²) in [6, 6.07) is 0. The van der Waals surface area contributed by atoms with E-state index < -0.39 is 40.8 Å². The van der Waals surface area contributed by atoms with Crippen molar-refractivity contribution in [3.63, 3.8) is 0 Å². The van der Waals surface area contributed by atoms with Crippen LogP contribution in [0.1, 0.15) is 6.42 Å². The second-order valence-electron chi connectivity index (χ2n) is 2.06. The molecule has 8 heteroatoms. The lowest BCUT2D eigenvalue weighted by Gasteiger charge is -2.00. The molecule has 0 aromatic carbocycles.